The quantitative estimate of drug-likeness (QED) is 0.904. The van der Waals surface area contributed by atoms with Gasteiger partial charge in [0.05, 0.1) is 11.7 Å². The summed E-state index contributed by atoms with van der Waals surface area (Å²) in [7, 11) is 0. The maximum Gasteiger partial charge on any atom is 0.128 e. The summed E-state index contributed by atoms with van der Waals surface area (Å²) < 4.78 is 16.0. The number of nitrogens with one attached hydrogen (secondary N) is 1. The summed E-state index contributed by atoms with van der Waals surface area (Å²) in [6.45, 7) is 7.45. The summed E-state index contributed by atoms with van der Waals surface area (Å²) in [5.74, 6) is 0.844. The molecule has 112 valence electrons. The van der Waals surface area contributed by atoms with Gasteiger partial charge < -0.3 is 5.32 Å². The van der Waals surface area contributed by atoms with Crippen LogP contribution in [0.4, 0.5) is 10.2 Å². The lowest BCUT2D eigenvalue weighted by atomic mass is 9.91. The van der Waals surface area contributed by atoms with E-state index in [1.807, 2.05) is 16.8 Å². The number of nitrogens with zero attached hydrogens (tertiary/aromatic N) is 2. The highest BCUT2D eigenvalue weighted by molar-refractivity contribution is 5.41. The van der Waals surface area contributed by atoms with Gasteiger partial charge in [-0.2, -0.15) is 5.10 Å². The molecule has 0 saturated heterocycles. The zero-order valence-corrected chi connectivity index (χ0v) is 12.9. The number of anilines is 1. The highest BCUT2D eigenvalue weighted by Gasteiger charge is 2.26. The molecule has 1 aliphatic rings. The van der Waals surface area contributed by atoms with E-state index in [0.29, 0.717) is 0 Å². The van der Waals surface area contributed by atoms with Crippen LogP contribution in [0, 0.1) is 11.2 Å². The van der Waals surface area contributed by atoms with Gasteiger partial charge in [0, 0.05) is 18.2 Å². The molecule has 1 aromatic heterocycles. The Balaban J connectivity index is 1.97. The normalized spacial score (nSPS) is 18.2. The number of halogens is 1. The van der Waals surface area contributed by atoms with Crippen LogP contribution in [0.2, 0.25) is 0 Å². The van der Waals surface area contributed by atoms with E-state index in [-0.39, 0.29) is 17.3 Å². The van der Waals surface area contributed by atoms with Gasteiger partial charge in [0.25, 0.3) is 0 Å². The Bertz CT molecular complexity index is 640. The molecule has 0 bridgehead atoms. The van der Waals surface area contributed by atoms with Crippen molar-refractivity contribution in [3.8, 4) is 0 Å². The Morgan fingerprint density at radius 1 is 1.33 bits per heavy atom. The van der Waals surface area contributed by atoms with Gasteiger partial charge in [-0.3, -0.25) is 0 Å². The van der Waals surface area contributed by atoms with E-state index in [2.05, 4.69) is 32.2 Å². The molecule has 0 amide bonds. The van der Waals surface area contributed by atoms with Crippen molar-refractivity contribution in [1.29, 1.82) is 0 Å². The molecule has 2 aromatic rings. The maximum atomic E-state index is 14.1. The average molecular weight is 287 g/mol. The minimum Gasteiger partial charge on any atom is -0.370 e. The Morgan fingerprint density at radius 2 is 2.10 bits per heavy atom. The molecule has 1 unspecified atom stereocenters. The number of fused-ring (bicyclic) bond motifs is 1. The fourth-order valence-electron chi connectivity index (χ4n) is 2.94. The van der Waals surface area contributed by atoms with Crippen molar-refractivity contribution in [3.63, 3.8) is 0 Å². The minimum absolute atomic E-state index is 0.0174. The van der Waals surface area contributed by atoms with Gasteiger partial charge in [-0.05, 0) is 24.3 Å². The lowest BCUT2D eigenvalue weighted by molar-refractivity contribution is 0.397. The molecule has 21 heavy (non-hydrogen) atoms. The number of hydrogen-bond donors (Lipinski definition) is 1. The first-order valence-corrected chi connectivity index (χ1v) is 7.51. The monoisotopic (exact) mass is 287 g/mol. The number of hydrogen-bond acceptors (Lipinski definition) is 2. The van der Waals surface area contributed by atoms with Crippen LogP contribution in [-0.2, 0) is 6.42 Å². The molecule has 1 aliphatic heterocycles. The van der Waals surface area contributed by atoms with Crippen molar-refractivity contribution in [1.82, 2.24) is 9.78 Å². The van der Waals surface area contributed by atoms with Crippen LogP contribution in [0.5, 0.6) is 0 Å². The lowest BCUT2D eigenvalue weighted by Gasteiger charge is -2.26. The third-order valence-corrected chi connectivity index (χ3v) is 3.78. The van der Waals surface area contributed by atoms with E-state index in [4.69, 9.17) is 5.10 Å². The van der Waals surface area contributed by atoms with E-state index in [9.17, 15) is 4.39 Å². The molecule has 0 radical (unpaired) electrons. The number of benzene rings is 1. The molecule has 0 fully saturated rings. The Hall–Kier alpha value is -1.84. The topological polar surface area (TPSA) is 29.9 Å². The zero-order valence-electron chi connectivity index (χ0n) is 12.9. The number of aromatic nitrogens is 2. The molecular formula is C17H22FN3. The molecule has 0 saturated carbocycles. The molecule has 4 heteroatoms. The molecule has 3 nitrogen and oxygen atoms in total. The van der Waals surface area contributed by atoms with Crippen LogP contribution in [0.1, 0.15) is 44.5 Å². The molecule has 1 atom stereocenters. The standard InChI is InChI=1S/C17H22FN3/c1-17(2,3)11-12-10-16-19-9-8-15(21(16)20-12)13-6-4-5-7-14(13)18/h4-7,10,15,19H,8-9,11H2,1-3H3. The second-order valence-corrected chi connectivity index (χ2v) is 6.96. The van der Waals surface area contributed by atoms with Gasteiger partial charge in [-0.1, -0.05) is 39.0 Å². The molecule has 2 heterocycles. The van der Waals surface area contributed by atoms with Gasteiger partial charge >= 0.3 is 0 Å². The number of rotatable bonds is 2. The third kappa shape index (κ3) is 2.94. The van der Waals surface area contributed by atoms with Crippen LogP contribution < -0.4 is 5.32 Å². The fourth-order valence-corrected chi connectivity index (χ4v) is 2.94. The minimum atomic E-state index is -0.150. The van der Waals surface area contributed by atoms with Crippen molar-refractivity contribution in [2.24, 2.45) is 5.41 Å². The molecule has 0 aliphatic carbocycles. The third-order valence-electron chi connectivity index (χ3n) is 3.78. The van der Waals surface area contributed by atoms with Crippen molar-refractivity contribution < 1.29 is 4.39 Å². The van der Waals surface area contributed by atoms with E-state index in [1.54, 1.807) is 6.07 Å². The van der Waals surface area contributed by atoms with E-state index in [1.165, 1.54) is 6.07 Å². The van der Waals surface area contributed by atoms with Crippen LogP contribution in [-0.4, -0.2) is 16.3 Å². The summed E-state index contributed by atoms with van der Waals surface area (Å²) in [5.41, 5.74) is 1.98. The van der Waals surface area contributed by atoms with Crippen molar-refractivity contribution >= 4 is 5.82 Å². The van der Waals surface area contributed by atoms with Crippen LogP contribution >= 0.6 is 0 Å². The zero-order chi connectivity index (χ0) is 15.0. The first kappa shape index (κ1) is 14.1. The van der Waals surface area contributed by atoms with Crippen molar-refractivity contribution in [2.45, 2.75) is 39.7 Å². The SMILES string of the molecule is CC(C)(C)Cc1cc2n(n1)C(c1ccccc1F)CCN2. The maximum absolute atomic E-state index is 14.1. The Labute approximate surface area is 125 Å². The van der Waals surface area contributed by atoms with Gasteiger partial charge in [-0.15, -0.1) is 0 Å². The summed E-state index contributed by atoms with van der Waals surface area (Å²) in [4.78, 5) is 0. The van der Waals surface area contributed by atoms with Crippen molar-refractivity contribution in [2.75, 3.05) is 11.9 Å². The first-order chi connectivity index (χ1) is 9.94. The second kappa shape index (κ2) is 5.17. The van der Waals surface area contributed by atoms with Crippen LogP contribution in [0.15, 0.2) is 30.3 Å². The Kier molecular flexibility index (Phi) is 3.47. The second-order valence-electron chi connectivity index (χ2n) is 6.96. The Morgan fingerprint density at radius 3 is 2.81 bits per heavy atom. The largest absolute Gasteiger partial charge is 0.370 e. The molecule has 3 rings (SSSR count). The van der Waals surface area contributed by atoms with E-state index in [0.717, 1.165) is 36.5 Å². The molecular weight excluding hydrogens is 265 g/mol. The van der Waals surface area contributed by atoms with Crippen LogP contribution in [0.25, 0.3) is 0 Å². The predicted octanol–water partition coefficient (Wildman–Crippen LogP) is 4.02. The summed E-state index contributed by atoms with van der Waals surface area (Å²) in [6, 6.07) is 9.08. The predicted molar refractivity (Wildman–Crippen MR) is 83.0 cm³/mol. The van der Waals surface area contributed by atoms with Gasteiger partial charge in [0.15, 0.2) is 0 Å². The highest BCUT2D eigenvalue weighted by atomic mass is 19.1. The first-order valence-electron chi connectivity index (χ1n) is 7.51. The average Bonchev–Trinajstić information content (AvgIpc) is 2.79. The van der Waals surface area contributed by atoms with Crippen LogP contribution in [0.3, 0.4) is 0 Å². The molecule has 1 aromatic carbocycles. The molecule has 1 N–H and O–H groups in total. The summed E-state index contributed by atoms with van der Waals surface area (Å²) in [6.07, 6.45) is 1.77. The fraction of sp³-hybridized carbons (Fsp3) is 0.471. The summed E-state index contributed by atoms with van der Waals surface area (Å²) in [5, 5.41) is 8.09. The highest BCUT2D eigenvalue weighted by Crippen LogP contribution is 2.32. The van der Waals surface area contributed by atoms with E-state index >= 15 is 0 Å². The van der Waals surface area contributed by atoms with Gasteiger partial charge in [0.1, 0.15) is 11.6 Å². The van der Waals surface area contributed by atoms with Gasteiger partial charge in [-0.25, -0.2) is 9.07 Å². The van der Waals surface area contributed by atoms with Crippen molar-refractivity contribution in [3.05, 3.63) is 47.4 Å². The van der Waals surface area contributed by atoms with E-state index < -0.39 is 0 Å². The summed E-state index contributed by atoms with van der Waals surface area (Å²) >= 11 is 0. The van der Waals surface area contributed by atoms with Gasteiger partial charge in [0.2, 0.25) is 0 Å². The smallest absolute Gasteiger partial charge is 0.128 e. The molecule has 0 spiro atoms. The lowest BCUT2D eigenvalue weighted by Crippen LogP contribution is -2.25.